The van der Waals surface area contributed by atoms with Crippen LogP contribution in [0.3, 0.4) is 0 Å². The highest BCUT2D eigenvalue weighted by atomic mass is 16.5. The fraction of sp³-hybridized carbons (Fsp3) is 0.656. The molecule has 42 heavy (non-hydrogen) atoms. The third-order valence-corrected chi connectivity index (χ3v) is 9.75. The van der Waals surface area contributed by atoms with Crippen LogP contribution in [-0.4, -0.2) is 72.8 Å². The van der Waals surface area contributed by atoms with E-state index in [4.69, 9.17) is 4.74 Å². The van der Waals surface area contributed by atoms with Crippen molar-refractivity contribution in [2.75, 3.05) is 20.2 Å². The van der Waals surface area contributed by atoms with Crippen molar-refractivity contribution in [3.63, 3.8) is 0 Å². The summed E-state index contributed by atoms with van der Waals surface area (Å²) in [5, 5.41) is 8.10. The highest BCUT2D eigenvalue weighted by Crippen LogP contribution is 2.65. The lowest BCUT2D eigenvalue weighted by Gasteiger charge is -2.35. The highest BCUT2D eigenvalue weighted by Gasteiger charge is 2.69. The van der Waals surface area contributed by atoms with E-state index in [2.05, 4.69) is 29.8 Å². The lowest BCUT2D eigenvalue weighted by molar-refractivity contribution is -0.144. The molecule has 1 unspecified atom stereocenters. The Hall–Kier alpha value is -3.43. The van der Waals surface area contributed by atoms with Crippen molar-refractivity contribution in [1.29, 1.82) is 0 Å². The molecule has 10 nitrogen and oxygen atoms in total. The number of piperidine rings is 1. The lowest BCUT2D eigenvalue weighted by atomic mass is 9.93. The number of nitrogens with zero attached hydrogens (tertiary/aromatic N) is 1. The molecule has 1 aliphatic heterocycles. The Morgan fingerprint density at radius 3 is 2.24 bits per heavy atom. The summed E-state index contributed by atoms with van der Waals surface area (Å²) in [6.07, 6.45) is 2.94. The van der Waals surface area contributed by atoms with Gasteiger partial charge in [-0.3, -0.25) is 19.2 Å². The zero-order valence-corrected chi connectivity index (χ0v) is 25.3. The second-order valence-corrected chi connectivity index (χ2v) is 13.6. The van der Waals surface area contributed by atoms with E-state index in [0.717, 1.165) is 24.0 Å². The maximum absolute atomic E-state index is 14.4. The van der Waals surface area contributed by atoms with Crippen LogP contribution < -0.4 is 16.0 Å². The molecule has 228 valence electrons. The number of carbonyl (C=O) groups excluding carboxylic acids is 5. The summed E-state index contributed by atoms with van der Waals surface area (Å²) in [4.78, 5) is 67.8. The number of hydrogen-bond acceptors (Lipinski definition) is 6. The molecule has 0 spiro atoms. The van der Waals surface area contributed by atoms with E-state index in [1.165, 1.54) is 7.05 Å². The molecular weight excluding hydrogens is 536 g/mol. The first-order valence-electron chi connectivity index (χ1n) is 15.3. The Bertz CT molecular complexity index is 1230. The molecule has 1 aromatic rings. The van der Waals surface area contributed by atoms with Gasteiger partial charge in [0.25, 0.3) is 5.91 Å². The Balaban J connectivity index is 1.38. The van der Waals surface area contributed by atoms with Crippen LogP contribution in [0.2, 0.25) is 0 Å². The Morgan fingerprint density at radius 1 is 1.02 bits per heavy atom. The zero-order chi connectivity index (χ0) is 30.3. The van der Waals surface area contributed by atoms with Gasteiger partial charge in [-0.1, -0.05) is 64.8 Å². The van der Waals surface area contributed by atoms with Crippen molar-refractivity contribution in [3.8, 4) is 0 Å². The van der Waals surface area contributed by atoms with Crippen LogP contribution in [0.5, 0.6) is 0 Å². The predicted molar refractivity (Wildman–Crippen MR) is 155 cm³/mol. The van der Waals surface area contributed by atoms with Crippen molar-refractivity contribution in [3.05, 3.63) is 35.4 Å². The van der Waals surface area contributed by atoms with Crippen molar-refractivity contribution in [2.24, 2.45) is 35.0 Å². The number of alkyl carbamates (subject to hydrolysis) is 1. The summed E-state index contributed by atoms with van der Waals surface area (Å²) >= 11 is 0. The first-order valence-corrected chi connectivity index (χ1v) is 15.3. The number of fused-ring (bicyclic) bond motifs is 2. The van der Waals surface area contributed by atoms with Crippen LogP contribution in [0.1, 0.15) is 58.1 Å². The van der Waals surface area contributed by atoms with Gasteiger partial charge in [0.15, 0.2) is 0 Å². The molecule has 4 amide bonds. The van der Waals surface area contributed by atoms with Crippen LogP contribution >= 0.6 is 0 Å². The first-order chi connectivity index (χ1) is 19.9. The van der Waals surface area contributed by atoms with E-state index in [1.807, 2.05) is 38.1 Å². The van der Waals surface area contributed by atoms with Gasteiger partial charge in [0.2, 0.25) is 17.6 Å². The predicted octanol–water partition coefficient (Wildman–Crippen LogP) is 2.24. The molecule has 2 saturated carbocycles. The molecule has 4 aliphatic rings. The van der Waals surface area contributed by atoms with Crippen molar-refractivity contribution < 1.29 is 28.7 Å². The molecule has 1 heterocycles. The quantitative estimate of drug-likeness (QED) is 0.344. The zero-order valence-electron chi connectivity index (χ0n) is 25.3. The molecule has 1 aromatic carbocycles. The SMILES string of the molecule is CNC(=O)C(=O)C(CC1CC1)NC(=O)[C@@H]1[C@@H]2[C@H](CN1C(=O)[C@@H](NC(=O)OCC(C)C)C1Cc3ccccc3C1)C2(C)C. The van der Waals surface area contributed by atoms with Crippen LogP contribution in [-0.2, 0) is 36.8 Å². The third-order valence-electron chi connectivity index (χ3n) is 9.75. The first kappa shape index (κ1) is 30.0. The van der Waals surface area contributed by atoms with E-state index in [1.54, 1.807) is 4.90 Å². The summed E-state index contributed by atoms with van der Waals surface area (Å²) in [5.74, 6) is -1.84. The summed E-state index contributed by atoms with van der Waals surface area (Å²) in [7, 11) is 1.39. The molecule has 5 atom stereocenters. The molecule has 3 N–H and O–H groups in total. The molecule has 3 fully saturated rings. The van der Waals surface area contributed by atoms with Gasteiger partial charge in [0.05, 0.1) is 12.6 Å². The number of ether oxygens (including phenoxy) is 1. The highest BCUT2D eigenvalue weighted by molar-refractivity contribution is 6.38. The van der Waals surface area contributed by atoms with Crippen LogP contribution in [0.4, 0.5) is 4.79 Å². The Labute approximate surface area is 247 Å². The number of amides is 4. The van der Waals surface area contributed by atoms with Crippen LogP contribution in [0.15, 0.2) is 24.3 Å². The van der Waals surface area contributed by atoms with Gasteiger partial charge >= 0.3 is 6.09 Å². The molecule has 0 bridgehead atoms. The lowest BCUT2D eigenvalue weighted by Crippen LogP contribution is -2.59. The van der Waals surface area contributed by atoms with Crippen molar-refractivity contribution >= 4 is 29.6 Å². The summed E-state index contributed by atoms with van der Waals surface area (Å²) in [6, 6.07) is 5.42. The summed E-state index contributed by atoms with van der Waals surface area (Å²) in [6.45, 7) is 8.69. The number of hydrogen-bond donors (Lipinski definition) is 3. The van der Waals surface area contributed by atoms with Crippen LogP contribution in [0.25, 0.3) is 0 Å². The van der Waals surface area contributed by atoms with Gasteiger partial charge in [-0.2, -0.15) is 0 Å². The molecule has 0 aromatic heterocycles. The summed E-state index contributed by atoms with van der Waals surface area (Å²) in [5.41, 5.74) is 2.15. The van der Waals surface area contributed by atoms with Gasteiger partial charge in [-0.25, -0.2) is 4.79 Å². The second kappa shape index (κ2) is 11.7. The van der Waals surface area contributed by atoms with E-state index in [0.29, 0.717) is 31.7 Å². The van der Waals surface area contributed by atoms with Crippen LogP contribution in [0, 0.1) is 35.0 Å². The molecule has 10 heteroatoms. The number of Topliss-reactive ketones (excluding diaryl/α,β-unsaturated/α-hetero) is 1. The fourth-order valence-electron chi connectivity index (χ4n) is 7.07. The van der Waals surface area contributed by atoms with Crippen molar-refractivity contribution in [1.82, 2.24) is 20.9 Å². The van der Waals surface area contributed by atoms with E-state index in [-0.39, 0.29) is 41.6 Å². The molecule has 1 saturated heterocycles. The van der Waals surface area contributed by atoms with Gasteiger partial charge in [-0.05, 0) is 65.4 Å². The summed E-state index contributed by atoms with van der Waals surface area (Å²) < 4.78 is 5.40. The van der Waals surface area contributed by atoms with E-state index >= 15 is 0 Å². The number of likely N-dealkylation sites (tertiary alicyclic amines) is 1. The monoisotopic (exact) mass is 580 g/mol. The average Bonchev–Trinajstić information content (AvgIpc) is 3.71. The fourth-order valence-corrected chi connectivity index (χ4v) is 7.07. The molecule has 0 radical (unpaired) electrons. The van der Waals surface area contributed by atoms with Gasteiger partial charge < -0.3 is 25.6 Å². The Kier molecular flexibility index (Phi) is 8.36. The minimum absolute atomic E-state index is 0.0764. The standard InChI is InChI=1S/C32H44N4O6/c1-17(2)16-42-31(41)35-25(21-13-19-8-6-7-9-20(19)14-21)30(40)36-15-22-24(32(22,3)4)26(36)28(38)34-23(12-18-10-11-18)27(37)29(39)33-5/h6-9,17-18,21-26H,10-16H2,1-5H3,(H,33,39)(H,34,38)(H,35,41)/t22-,23?,24-,25-,26-/m0/s1. The number of nitrogens with one attached hydrogen (secondary N) is 3. The third kappa shape index (κ3) is 6.03. The molecule has 5 rings (SSSR count). The number of carbonyl (C=O) groups is 5. The second-order valence-electron chi connectivity index (χ2n) is 13.6. The van der Waals surface area contributed by atoms with Gasteiger partial charge in [0, 0.05) is 13.6 Å². The van der Waals surface area contributed by atoms with Gasteiger partial charge in [-0.15, -0.1) is 0 Å². The van der Waals surface area contributed by atoms with Gasteiger partial charge in [0.1, 0.15) is 12.1 Å². The number of rotatable bonds is 11. The molecule has 3 aliphatic carbocycles. The average molecular weight is 581 g/mol. The minimum Gasteiger partial charge on any atom is -0.449 e. The maximum Gasteiger partial charge on any atom is 0.407 e. The normalized spacial score (nSPS) is 25.2. The number of likely N-dealkylation sites (N-methyl/N-ethyl adjacent to an activating group) is 1. The van der Waals surface area contributed by atoms with E-state index < -0.39 is 41.8 Å². The molecular formula is C32H44N4O6. The Morgan fingerprint density at radius 2 is 1.67 bits per heavy atom. The smallest absolute Gasteiger partial charge is 0.407 e. The maximum atomic E-state index is 14.4. The number of benzene rings is 1. The van der Waals surface area contributed by atoms with E-state index in [9.17, 15) is 24.0 Å². The number of ketones is 1. The topological polar surface area (TPSA) is 134 Å². The minimum atomic E-state index is -0.938. The van der Waals surface area contributed by atoms with Crippen molar-refractivity contribution in [2.45, 2.75) is 77.9 Å². The largest absolute Gasteiger partial charge is 0.449 e.